The lowest BCUT2D eigenvalue weighted by Gasteiger charge is -2.29. The predicted molar refractivity (Wildman–Crippen MR) is 151 cm³/mol. The molecule has 1 heterocycles. The Labute approximate surface area is 229 Å². The number of carbonyl (C=O) groups excluding carboxylic acids is 2. The number of nitriles is 1. The van der Waals surface area contributed by atoms with Crippen LogP contribution in [0.1, 0.15) is 48.4 Å². The van der Waals surface area contributed by atoms with Crippen LogP contribution in [-0.2, 0) is 16.2 Å². The van der Waals surface area contributed by atoms with Gasteiger partial charge >= 0.3 is 0 Å². The normalized spacial score (nSPS) is 15.4. The van der Waals surface area contributed by atoms with Gasteiger partial charge in [-0.2, -0.15) is 5.26 Å². The Morgan fingerprint density at radius 3 is 2.54 bits per heavy atom. The van der Waals surface area contributed by atoms with Crippen LogP contribution in [0.5, 0.6) is 5.75 Å². The zero-order valence-corrected chi connectivity index (χ0v) is 22.7. The van der Waals surface area contributed by atoms with Crippen molar-refractivity contribution in [1.82, 2.24) is 5.32 Å². The van der Waals surface area contributed by atoms with Gasteiger partial charge in [-0.1, -0.05) is 50.2 Å². The molecule has 1 saturated heterocycles. The van der Waals surface area contributed by atoms with Gasteiger partial charge in [0, 0.05) is 5.56 Å². The molecule has 8 heteroatoms. The van der Waals surface area contributed by atoms with Crippen LogP contribution in [0.4, 0.5) is 5.69 Å². The molecule has 0 spiro atoms. The number of halogens is 1. The molecule has 1 aliphatic heterocycles. The van der Waals surface area contributed by atoms with Crippen LogP contribution in [0.25, 0.3) is 6.08 Å². The Balaban J connectivity index is 1.55. The molecule has 1 fully saturated rings. The quantitative estimate of drug-likeness (QED) is 0.205. The second kappa shape index (κ2) is 11.5. The van der Waals surface area contributed by atoms with Gasteiger partial charge in [-0.3, -0.25) is 19.8 Å². The van der Waals surface area contributed by atoms with Gasteiger partial charge in [0.05, 0.1) is 21.8 Å². The first-order valence-corrected chi connectivity index (χ1v) is 12.9. The van der Waals surface area contributed by atoms with Crippen LogP contribution in [0, 0.1) is 11.3 Å². The van der Waals surface area contributed by atoms with Gasteiger partial charge in [0.15, 0.2) is 5.11 Å². The summed E-state index contributed by atoms with van der Waals surface area (Å²) in [6.45, 7) is 4.50. The van der Waals surface area contributed by atoms with E-state index in [1.165, 1.54) is 16.5 Å². The maximum absolute atomic E-state index is 13.3. The summed E-state index contributed by atoms with van der Waals surface area (Å²) in [6, 6.07) is 22.3. The minimum atomic E-state index is -0.549. The summed E-state index contributed by atoms with van der Waals surface area (Å²) < 4.78 is 6.53. The number of carbonyl (C=O) groups is 2. The highest BCUT2D eigenvalue weighted by Crippen LogP contribution is 2.30. The van der Waals surface area contributed by atoms with Crippen LogP contribution in [0.15, 0.2) is 76.8 Å². The smallest absolute Gasteiger partial charge is 0.270 e. The minimum absolute atomic E-state index is 0.0249. The van der Waals surface area contributed by atoms with E-state index in [1.54, 1.807) is 30.3 Å². The fraction of sp³-hybridized carbons (Fsp3) is 0.172. The fourth-order valence-corrected chi connectivity index (χ4v) is 4.67. The van der Waals surface area contributed by atoms with E-state index in [0.29, 0.717) is 33.0 Å². The standard InChI is InChI=1S/C29H24BrN3O3S/c1-3-18(2)20-9-11-23(12-10-20)33-28(35)24(27(34)32-29(33)37)14-19-8-13-26(25(30)15-19)36-17-22-7-5-4-6-21(22)16-31/h4-15,18H,3,17H2,1-2H3,(H,32,34,37)/b24-14+. The van der Waals surface area contributed by atoms with Gasteiger partial charge < -0.3 is 4.74 Å². The summed E-state index contributed by atoms with van der Waals surface area (Å²) in [5, 5.41) is 11.9. The minimum Gasteiger partial charge on any atom is -0.488 e. The van der Waals surface area contributed by atoms with Gasteiger partial charge in [-0.15, -0.1) is 0 Å². The first-order valence-electron chi connectivity index (χ1n) is 11.7. The molecule has 0 radical (unpaired) electrons. The highest BCUT2D eigenvalue weighted by Gasteiger charge is 2.34. The van der Waals surface area contributed by atoms with E-state index < -0.39 is 11.8 Å². The van der Waals surface area contributed by atoms with Crippen molar-refractivity contribution >= 4 is 56.8 Å². The maximum Gasteiger partial charge on any atom is 0.270 e. The summed E-state index contributed by atoms with van der Waals surface area (Å²) in [6.07, 6.45) is 2.54. The van der Waals surface area contributed by atoms with E-state index in [2.05, 4.69) is 41.2 Å². The molecule has 0 aromatic heterocycles. The summed E-state index contributed by atoms with van der Waals surface area (Å²) in [5.74, 6) is -0.0696. The summed E-state index contributed by atoms with van der Waals surface area (Å²) >= 11 is 8.81. The molecule has 0 bridgehead atoms. The molecule has 37 heavy (non-hydrogen) atoms. The SMILES string of the molecule is CCC(C)c1ccc(N2C(=O)/C(=C/c3ccc(OCc4ccccc4C#N)c(Br)c3)C(=O)NC2=S)cc1. The first kappa shape index (κ1) is 26.3. The lowest BCUT2D eigenvalue weighted by molar-refractivity contribution is -0.122. The predicted octanol–water partition coefficient (Wildman–Crippen LogP) is 6.24. The first-order chi connectivity index (χ1) is 17.8. The van der Waals surface area contributed by atoms with Crippen molar-refractivity contribution in [3.8, 4) is 11.8 Å². The van der Waals surface area contributed by atoms with E-state index in [9.17, 15) is 14.9 Å². The Morgan fingerprint density at radius 1 is 1.14 bits per heavy atom. The van der Waals surface area contributed by atoms with Gasteiger partial charge in [-0.05, 0) is 88.0 Å². The maximum atomic E-state index is 13.3. The number of nitrogens with one attached hydrogen (secondary N) is 1. The van der Waals surface area contributed by atoms with E-state index in [4.69, 9.17) is 17.0 Å². The number of rotatable bonds is 7. The number of benzene rings is 3. The molecule has 6 nitrogen and oxygen atoms in total. The molecule has 1 N–H and O–H groups in total. The molecule has 186 valence electrons. The topological polar surface area (TPSA) is 82.4 Å². The molecule has 1 atom stereocenters. The van der Waals surface area contributed by atoms with Crippen molar-refractivity contribution in [1.29, 1.82) is 5.26 Å². The summed E-state index contributed by atoms with van der Waals surface area (Å²) in [5.41, 5.74) is 3.71. The van der Waals surface area contributed by atoms with Gasteiger partial charge in [0.1, 0.15) is 17.9 Å². The molecule has 1 unspecified atom stereocenters. The second-order valence-corrected chi connectivity index (χ2v) is 9.85. The summed E-state index contributed by atoms with van der Waals surface area (Å²) in [7, 11) is 0. The molecule has 3 aromatic carbocycles. The highest BCUT2D eigenvalue weighted by atomic mass is 79.9. The monoisotopic (exact) mass is 573 g/mol. The molecular formula is C29H24BrN3O3S. The van der Waals surface area contributed by atoms with Crippen LogP contribution < -0.4 is 15.0 Å². The Hall–Kier alpha value is -3.80. The van der Waals surface area contributed by atoms with Crippen molar-refractivity contribution in [2.24, 2.45) is 0 Å². The van der Waals surface area contributed by atoms with E-state index in [0.717, 1.165) is 12.0 Å². The fourth-order valence-electron chi connectivity index (χ4n) is 3.88. The third-order valence-corrected chi connectivity index (χ3v) is 7.13. The number of nitrogens with zero attached hydrogens (tertiary/aromatic N) is 2. The molecule has 2 amide bonds. The Morgan fingerprint density at radius 2 is 1.86 bits per heavy atom. The van der Waals surface area contributed by atoms with Gasteiger partial charge in [0.2, 0.25) is 0 Å². The zero-order chi connectivity index (χ0) is 26.5. The number of anilines is 1. The van der Waals surface area contributed by atoms with Crippen molar-refractivity contribution in [2.45, 2.75) is 32.8 Å². The van der Waals surface area contributed by atoms with Crippen LogP contribution >= 0.6 is 28.1 Å². The van der Waals surface area contributed by atoms with Crippen LogP contribution in [0.2, 0.25) is 0 Å². The molecule has 0 aliphatic carbocycles. The third-order valence-electron chi connectivity index (χ3n) is 6.22. The number of amides is 2. The largest absolute Gasteiger partial charge is 0.488 e. The highest BCUT2D eigenvalue weighted by molar-refractivity contribution is 9.10. The van der Waals surface area contributed by atoms with E-state index in [1.807, 2.05) is 36.4 Å². The molecule has 1 aliphatic rings. The zero-order valence-electron chi connectivity index (χ0n) is 20.3. The second-order valence-electron chi connectivity index (χ2n) is 8.61. The van der Waals surface area contributed by atoms with Gasteiger partial charge in [-0.25, -0.2) is 0 Å². The van der Waals surface area contributed by atoms with Crippen LogP contribution in [0.3, 0.4) is 0 Å². The molecule has 4 rings (SSSR count). The number of thiocarbonyl (C=S) groups is 1. The Bertz CT molecular complexity index is 1440. The Kier molecular flexibility index (Phi) is 8.17. The van der Waals surface area contributed by atoms with Crippen LogP contribution in [-0.4, -0.2) is 16.9 Å². The molecular weight excluding hydrogens is 550 g/mol. The van der Waals surface area contributed by atoms with Crippen molar-refractivity contribution in [3.05, 3.63) is 99.0 Å². The number of hydrogen-bond donors (Lipinski definition) is 1. The number of ether oxygens (including phenoxy) is 1. The van der Waals surface area contributed by atoms with E-state index >= 15 is 0 Å². The third kappa shape index (κ3) is 5.79. The van der Waals surface area contributed by atoms with Gasteiger partial charge in [0.25, 0.3) is 11.8 Å². The average Bonchev–Trinajstić information content (AvgIpc) is 2.90. The van der Waals surface area contributed by atoms with Crippen molar-refractivity contribution in [2.75, 3.05) is 4.90 Å². The summed E-state index contributed by atoms with van der Waals surface area (Å²) in [4.78, 5) is 27.4. The van der Waals surface area contributed by atoms with Crippen molar-refractivity contribution < 1.29 is 14.3 Å². The lowest BCUT2D eigenvalue weighted by Crippen LogP contribution is -2.54. The average molecular weight is 575 g/mol. The van der Waals surface area contributed by atoms with Crippen molar-refractivity contribution in [3.63, 3.8) is 0 Å². The van der Waals surface area contributed by atoms with E-state index in [-0.39, 0.29) is 17.3 Å². The lowest BCUT2D eigenvalue weighted by atomic mass is 9.98. The molecule has 0 saturated carbocycles. The number of hydrogen-bond acceptors (Lipinski definition) is 5. The molecule has 3 aromatic rings.